The molecule has 0 aliphatic heterocycles. The molecular formula is C14H11N3O2. The molecule has 0 radical (unpaired) electrons. The monoisotopic (exact) mass is 253 g/mol. The van der Waals surface area contributed by atoms with Crippen molar-refractivity contribution in [3.8, 4) is 11.3 Å². The molecular weight excluding hydrogens is 242 g/mol. The zero-order valence-corrected chi connectivity index (χ0v) is 10.0. The van der Waals surface area contributed by atoms with E-state index in [-0.39, 0.29) is 6.42 Å². The van der Waals surface area contributed by atoms with Crippen LogP contribution in [0, 0.1) is 0 Å². The second kappa shape index (κ2) is 4.53. The Morgan fingerprint density at radius 2 is 2.11 bits per heavy atom. The Morgan fingerprint density at radius 3 is 2.95 bits per heavy atom. The van der Waals surface area contributed by atoms with Gasteiger partial charge in [-0.2, -0.15) is 5.10 Å². The van der Waals surface area contributed by atoms with Gasteiger partial charge in [-0.15, -0.1) is 0 Å². The molecule has 94 valence electrons. The first kappa shape index (κ1) is 11.4. The fraction of sp³-hybridized carbons (Fsp3) is 0.0714. The summed E-state index contributed by atoms with van der Waals surface area (Å²) in [6.45, 7) is 0. The van der Waals surface area contributed by atoms with Crippen LogP contribution in [0.1, 0.15) is 5.69 Å². The Bertz CT molecular complexity index is 749. The minimum absolute atomic E-state index is 0.0788. The number of hydrogen-bond acceptors (Lipinski definition) is 3. The van der Waals surface area contributed by atoms with Gasteiger partial charge in [-0.25, -0.2) is 4.52 Å². The molecule has 5 nitrogen and oxygen atoms in total. The van der Waals surface area contributed by atoms with Gasteiger partial charge in [-0.05, 0) is 36.4 Å². The predicted molar refractivity (Wildman–Crippen MR) is 69.8 cm³/mol. The summed E-state index contributed by atoms with van der Waals surface area (Å²) in [6, 6.07) is 11.4. The molecule has 0 fully saturated rings. The molecule has 0 saturated heterocycles. The minimum Gasteiger partial charge on any atom is -0.481 e. The van der Waals surface area contributed by atoms with Gasteiger partial charge in [0.05, 0.1) is 23.3 Å². The zero-order valence-electron chi connectivity index (χ0n) is 10.0. The Labute approximate surface area is 109 Å². The van der Waals surface area contributed by atoms with Crippen LogP contribution in [0.25, 0.3) is 16.8 Å². The number of pyridine rings is 1. The summed E-state index contributed by atoms with van der Waals surface area (Å²) in [5.41, 5.74) is 3.36. The molecule has 0 unspecified atom stereocenters. The van der Waals surface area contributed by atoms with Gasteiger partial charge >= 0.3 is 5.97 Å². The van der Waals surface area contributed by atoms with Crippen LogP contribution < -0.4 is 0 Å². The first-order valence-corrected chi connectivity index (χ1v) is 5.84. The summed E-state index contributed by atoms with van der Waals surface area (Å²) in [7, 11) is 0. The summed E-state index contributed by atoms with van der Waals surface area (Å²) in [5, 5.41) is 13.1. The molecule has 3 aromatic rings. The van der Waals surface area contributed by atoms with Crippen molar-refractivity contribution in [1.82, 2.24) is 14.6 Å². The minimum atomic E-state index is -0.886. The smallest absolute Gasteiger partial charge is 0.309 e. The van der Waals surface area contributed by atoms with Crippen LogP contribution in [0.4, 0.5) is 0 Å². The molecule has 3 rings (SSSR count). The molecule has 0 saturated carbocycles. The Morgan fingerprint density at radius 1 is 1.21 bits per heavy atom. The number of aromatic nitrogens is 3. The molecule has 0 atom stereocenters. The molecule has 0 aliphatic carbocycles. The van der Waals surface area contributed by atoms with Crippen molar-refractivity contribution < 1.29 is 9.90 Å². The van der Waals surface area contributed by atoms with E-state index in [9.17, 15) is 4.79 Å². The molecule has 1 N–H and O–H groups in total. The molecule has 5 heteroatoms. The number of hydrogen-bond donors (Lipinski definition) is 1. The SMILES string of the molecule is O=C(O)Cc1cc(-c2ccc3cccnn23)ccn1. The van der Waals surface area contributed by atoms with Gasteiger partial charge < -0.3 is 5.11 Å². The van der Waals surface area contributed by atoms with E-state index in [1.165, 1.54) is 0 Å². The van der Waals surface area contributed by atoms with E-state index in [4.69, 9.17) is 5.11 Å². The lowest BCUT2D eigenvalue weighted by atomic mass is 10.1. The van der Waals surface area contributed by atoms with Crippen LogP contribution in [0.3, 0.4) is 0 Å². The van der Waals surface area contributed by atoms with Crippen LogP contribution in [0.5, 0.6) is 0 Å². The van der Waals surface area contributed by atoms with Crippen LogP contribution in [-0.4, -0.2) is 25.7 Å². The Kier molecular flexibility index (Phi) is 2.72. The largest absolute Gasteiger partial charge is 0.481 e. The average Bonchev–Trinajstić information content (AvgIpc) is 2.82. The summed E-state index contributed by atoms with van der Waals surface area (Å²) < 4.78 is 1.82. The second-order valence-electron chi connectivity index (χ2n) is 4.19. The highest BCUT2D eigenvalue weighted by Gasteiger charge is 2.08. The Hall–Kier alpha value is -2.69. The molecule has 3 heterocycles. The third-order valence-corrected chi connectivity index (χ3v) is 2.86. The summed E-state index contributed by atoms with van der Waals surface area (Å²) in [6.07, 6.45) is 3.26. The van der Waals surface area contributed by atoms with Gasteiger partial charge in [0, 0.05) is 18.0 Å². The lowest BCUT2D eigenvalue weighted by molar-refractivity contribution is -0.136. The molecule has 3 aromatic heterocycles. The van der Waals surface area contributed by atoms with Crippen molar-refractivity contribution in [2.45, 2.75) is 6.42 Å². The third-order valence-electron chi connectivity index (χ3n) is 2.86. The van der Waals surface area contributed by atoms with E-state index in [2.05, 4.69) is 10.1 Å². The number of carboxylic acids is 1. The fourth-order valence-electron chi connectivity index (χ4n) is 2.05. The molecule has 0 amide bonds. The van der Waals surface area contributed by atoms with Gasteiger partial charge in [0.1, 0.15) is 0 Å². The first-order valence-electron chi connectivity index (χ1n) is 5.84. The van der Waals surface area contributed by atoms with Gasteiger partial charge in [-0.3, -0.25) is 9.78 Å². The van der Waals surface area contributed by atoms with Crippen molar-refractivity contribution in [3.05, 3.63) is 54.5 Å². The number of carboxylic acid groups (broad SMARTS) is 1. The highest BCUT2D eigenvalue weighted by Crippen LogP contribution is 2.21. The number of fused-ring (bicyclic) bond motifs is 1. The fourth-order valence-corrected chi connectivity index (χ4v) is 2.05. The molecule has 0 bridgehead atoms. The molecule has 0 spiro atoms. The second-order valence-corrected chi connectivity index (χ2v) is 4.19. The summed E-state index contributed by atoms with van der Waals surface area (Å²) >= 11 is 0. The van der Waals surface area contributed by atoms with Crippen molar-refractivity contribution in [2.75, 3.05) is 0 Å². The highest BCUT2D eigenvalue weighted by atomic mass is 16.4. The lowest BCUT2D eigenvalue weighted by Gasteiger charge is -2.03. The standard InChI is InChI=1S/C14H11N3O2/c18-14(19)9-11-8-10(5-7-15-11)13-4-3-12-2-1-6-16-17(12)13/h1-8H,9H2,(H,18,19). The van der Waals surface area contributed by atoms with Gasteiger partial charge in [0.2, 0.25) is 0 Å². The van der Waals surface area contributed by atoms with Crippen molar-refractivity contribution in [2.24, 2.45) is 0 Å². The van der Waals surface area contributed by atoms with E-state index in [0.717, 1.165) is 16.8 Å². The normalized spacial score (nSPS) is 10.7. The predicted octanol–water partition coefficient (Wildman–Crippen LogP) is 2.02. The first-order chi connectivity index (χ1) is 9.24. The lowest BCUT2D eigenvalue weighted by Crippen LogP contribution is -2.02. The number of aliphatic carboxylic acids is 1. The number of nitrogens with zero attached hydrogens (tertiary/aromatic N) is 3. The third kappa shape index (κ3) is 2.18. The van der Waals surface area contributed by atoms with Crippen molar-refractivity contribution in [3.63, 3.8) is 0 Å². The Balaban J connectivity index is 2.09. The maximum Gasteiger partial charge on any atom is 0.309 e. The summed E-state index contributed by atoms with van der Waals surface area (Å²) in [5.74, 6) is -0.886. The molecule has 19 heavy (non-hydrogen) atoms. The van der Waals surface area contributed by atoms with E-state index in [1.807, 2.05) is 34.8 Å². The van der Waals surface area contributed by atoms with E-state index in [1.54, 1.807) is 18.5 Å². The van der Waals surface area contributed by atoms with Gasteiger partial charge in [-0.1, -0.05) is 0 Å². The highest BCUT2D eigenvalue weighted by molar-refractivity contribution is 5.71. The van der Waals surface area contributed by atoms with Crippen molar-refractivity contribution >= 4 is 11.5 Å². The van der Waals surface area contributed by atoms with E-state index in [0.29, 0.717) is 5.69 Å². The van der Waals surface area contributed by atoms with E-state index >= 15 is 0 Å². The number of carbonyl (C=O) groups is 1. The summed E-state index contributed by atoms with van der Waals surface area (Å²) in [4.78, 5) is 14.8. The average molecular weight is 253 g/mol. The number of rotatable bonds is 3. The van der Waals surface area contributed by atoms with Crippen LogP contribution in [0.2, 0.25) is 0 Å². The van der Waals surface area contributed by atoms with Gasteiger partial charge in [0.15, 0.2) is 0 Å². The molecule has 0 aliphatic rings. The van der Waals surface area contributed by atoms with E-state index < -0.39 is 5.97 Å². The van der Waals surface area contributed by atoms with Crippen LogP contribution >= 0.6 is 0 Å². The van der Waals surface area contributed by atoms with Crippen LogP contribution in [0.15, 0.2) is 48.8 Å². The topological polar surface area (TPSA) is 67.5 Å². The maximum atomic E-state index is 10.7. The zero-order chi connectivity index (χ0) is 13.2. The van der Waals surface area contributed by atoms with Crippen molar-refractivity contribution in [1.29, 1.82) is 0 Å². The quantitative estimate of drug-likeness (QED) is 0.775. The van der Waals surface area contributed by atoms with Gasteiger partial charge in [0.25, 0.3) is 0 Å². The maximum absolute atomic E-state index is 10.7. The van der Waals surface area contributed by atoms with Crippen LogP contribution in [-0.2, 0) is 11.2 Å². The molecule has 0 aromatic carbocycles.